The normalized spacial score (nSPS) is 10.7. The van der Waals surface area contributed by atoms with Crippen molar-refractivity contribution in [1.82, 2.24) is 15.0 Å². The van der Waals surface area contributed by atoms with Crippen LogP contribution < -0.4 is 10.1 Å². The summed E-state index contributed by atoms with van der Waals surface area (Å²) >= 11 is 5.92. The zero-order valence-electron chi connectivity index (χ0n) is 14.4. The summed E-state index contributed by atoms with van der Waals surface area (Å²) in [5.41, 5.74) is 3.35. The maximum Gasteiger partial charge on any atom is 0.255 e. The number of nitrogens with zero attached hydrogens (tertiary/aromatic N) is 3. The van der Waals surface area contributed by atoms with Crippen LogP contribution in [0.2, 0.25) is 5.02 Å². The summed E-state index contributed by atoms with van der Waals surface area (Å²) in [7, 11) is 1.56. The fraction of sp³-hybridized carbons (Fsp3) is 0.0500. The van der Waals surface area contributed by atoms with Gasteiger partial charge < -0.3 is 10.1 Å². The Morgan fingerprint density at radius 3 is 2.56 bits per heavy atom. The molecule has 0 aliphatic rings. The fourth-order valence-corrected chi connectivity index (χ4v) is 2.78. The molecular weight excluding hydrogens is 364 g/mol. The molecule has 0 fully saturated rings. The maximum atomic E-state index is 12.5. The number of hydrogen-bond donors (Lipinski definition) is 1. The molecule has 4 aromatic rings. The molecule has 3 aromatic carbocycles. The minimum absolute atomic E-state index is 0.224. The monoisotopic (exact) mass is 378 g/mol. The summed E-state index contributed by atoms with van der Waals surface area (Å²) in [6.07, 6.45) is 0. The minimum atomic E-state index is -0.224. The number of carbonyl (C=O) groups is 1. The van der Waals surface area contributed by atoms with Crippen LogP contribution in [0.15, 0.2) is 66.7 Å². The van der Waals surface area contributed by atoms with Gasteiger partial charge in [0, 0.05) is 16.3 Å². The third kappa shape index (κ3) is 3.61. The highest BCUT2D eigenvalue weighted by molar-refractivity contribution is 6.30. The third-order valence-corrected chi connectivity index (χ3v) is 4.28. The first-order chi connectivity index (χ1) is 13.1. The van der Waals surface area contributed by atoms with Crippen LogP contribution in [-0.4, -0.2) is 28.0 Å². The van der Waals surface area contributed by atoms with E-state index in [1.165, 1.54) is 4.80 Å². The molecule has 0 spiro atoms. The van der Waals surface area contributed by atoms with E-state index in [1.807, 2.05) is 18.2 Å². The molecule has 134 valence electrons. The standard InChI is InChI=1S/C20H15ClN4O2/c1-27-17-4-2-3-13(11-17)20(26)22-15-7-10-18-19(12-15)24-25(23-18)16-8-5-14(21)6-9-16/h2-12H,1H3,(H,22,26). The molecule has 1 heterocycles. The van der Waals surface area contributed by atoms with Crippen LogP contribution in [0.4, 0.5) is 5.69 Å². The first kappa shape index (κ1) is 17.1. The average Bonchev–Trinajstić information content (AvgIpc) is 3.12. The summed E-state index contributed by atoms with van der Waals surface area (Å²) < 4.78 is 5.16. The summed E-state index contributed by atoms with van der Waals surface area (Å²) in [4.78, 5) is 14.0. The Bertz CT molecular complexity index is 1120. The van der Waals surface area contributed by atoms with E-state index in [0.717, 1.165) is 11.2 Å². The number of benzene rings is 3. The molecule has 1 aromatic heterocycles. The topological polar surface area (TPSA) is 69.0 Å². The minimum Gasteiger partial charge on any atom is -0.497 e. The lowest BCUT2D eigenvalue weighted by atomic mass is 10.2. The predicted molar refractivity (Wildman–Crippen MR) is 105 cm³/mol. The van der Waals surface area contributed by atoms with Gasteiger partial charge in [0.25, 0.3) is 5.91 Å². The Hall–Kier alpha value is -3.38. The van der Waals surface area contributed by atoms with Gasteiger partial charge in [0.15, 0.2) is 0 Å². The Labute approximate surface area is 160 Å². The van der Waals surface area contributed by atoms with Crippen LogP contribution in [-0.2, 0) is 0 Å². The zero-order valence-corrected chi connectivity index (χ0v) is 15.1. The van der Waals surface area contributed by atoms with Crippen LogP contribution >= 0.6 is 11.6 Å². The number of aromatic nitrogens is 3. The molecule has 27 heavy (non-hydrogen) atoms. The average molecular weight is 379 g/mol. The Morgan fingerprint density at radius 1 is 1.00 bits per heavy atom. The van der Waals surface area contributed by atoms with Gasteiger partial charge in [-0.1, -0.05) is 17.7 Å². The molecule has 1 N–H and O–H groups in total. The summed E-state index contributed by atoms with van der Waals surface area (Å²) in [6.45, 7) is 0. The van der Waals surface area contributed by atoms with E-state index in [9.17, 15) is 4.79 Å². The smallest absolute Gasteiger partial charge is 0.255 e. The van der Waals surface area contributed by atoms with Crippen molar-refractivity contribution in [3.05, 3.63) is 77.3 Å². The molecule has 0 aliphatic heterocycles. The molecule has 7 heteroatoms. The van der Waals surface area contributed by atoms with Crippen molar-refractivity contribution in [2.75, 3.05) is 12.4 Å². The maximum absolute atomic E-state index is 12.5. The van der Waals surface area contributed by atoms with Gasteiger partial charge in [0.2, 0.25) is 0 Å². The van der Waals surface area contributed by atoms with Crippen molar-refractivity contribution in [2.24, 2.45) is 0 Å². The highest BCUT2D eigenvalue weighted by Crippen LogP contribution is 2.20. The van der Waals surface area contributed by atoms with Crippen LogP contribution in [0.1, 0.15) is 10.4 Å². The van der Waals surface area contributed by atoms with Gasteiger partial charge in [-0.2, -0.15) is 4.80 Å². The van der Waals surface area contributed by atoms with Crippen molar-refractivity contribution in [3.8, 4) is 11.4 Å². The number of methoxy groups -OCH3 is 1. The lowest BCUT2D eigenvalue weighted by Gasteiger charge is -2.06. The molecular formula is C20H15ClN4O2. The molecule has 1 amide bonds. The quantitative estimate of drug-likeness (QED) is 0.573. The fourth-order valence-electron chi connectivity index (χ4n) is 2.65. The van der Waals surface area contributed by atoms with Crippen molar-refractivity contribution in [2.45, 2.75) is 0 Å². The first-order valence-electron chi connectivity index (χ1n) is 8.21. The van der Waals surface area contributed by atoms with E-state index >= 15 is 0 Å². The first-order valence-corrected chi connectivity index (χ1v) is 8.59. The number of ether oxygens (including phenoxy) is 1. The molecule has 0 atom stereocenters. The molecule has 0 bridgehead atoms. The molecule has 4 rings (SSSR count). The van der Waals surface area contributed by atoms with Gasteiger partial charge in [-0.15, -0.1) is 10.2 Å². The Kier molecular flexibility index (Phi) is 4.48. The number of fused-ring (bicyclic) bond motifs is 1. The lowest BCUT2D eigenvalue weighted by Crippen LogP contribution is -2.11. The van der Waals surface area contributed by atoms with Gasteiger partial charge in [-0.3, -0.25) is 4.79 Å². The van der Waals surface area contributed by atoms with Gasteiger partial charge in [0.05, 0.1) is 12.8 Å². The second-order valence-electron chi connectivity index (χ2n) is 5.86. The van der Waals surface area contributed by atoms with Crippen molar-refractivity contribution in [3.63, 3.8) is 0 Å². The third-order valence-electron chi connectivity index (χ3n) is 4.03. The van der Waals surface area contributed by atoms with Crippen LogP contribution in [0.3, 0.4) is 0 Å². The summed E-state index contributed by atoms with van der Waals surface area (Å²) in [5.74, 6) is 0.405. The zero-order chi connectivity index (χ0) is 18.8. The number of anilines is 1. The van der Waals surface area contributed by atoms with Gasteiger partial charge >= 0.3 is 0 Å². The lowest BCUT2D eigenvalue weighted by molar-refractivity contribution is 0.102. The predicted octanol–water partition coefficient (Wildman–Crippen LogP) is 4.33. The van der Waals surface area contributed by atoms with Crippen molar-refractivity contribution in [1.29, 1.82) is 0 Å². The molecule has 6 nitrogen and oxygen atoms in total. The van der Waals surface area contributed by atoms with Crippen molar-refractivity contribution < 1.29 is 9.53 Å². The van der Waals surface area contributed by atoms with E-state index in [2.05, 4.69) is 15.5 Å². The molecule has 0 radical (unpaired) electrons. The van der Waals surface area contributed by atoms with Gasteiger partial charge in [-0.25, -0.2) is 0 Å². The Balaban J connectivity index is 1.59. The number of carbonyl (C=O) groups excluding carboxylic acids is 1. The number of rotatable bonds is 4. The number of amides is 1. The largest absolute Gasteiger partial charge is 0.497 e. The van der Waals surface area contributed by atoms with E-state index in [0.29, 0.717) is 27.5 Å². The van der Waals surface area contributed by atoms with Gasteiger partial charge in [-0.05, 0) is 60.7 Å². The SMILES string of the molecule is COc1cccc(C(=O)Nc2ccc3nn(-c4ccc(Cl)cc4)nc3c2)c1. The van der Waals surface area contributed by atoms with E-state index in [4.69, 9.17) is 16.3 Å². The molecule has 0 saturated heterocycles. The van der Waals surface area contributed by atoms with Gasteiger partial charge in [0.1, 0.15) is 16.8 Å². The highest BCUT2D eigenvalue weighted by Gasteiger charge is 2.10. The number of halogens is 1. The Morgan fingerprint density at radius 2 is 1.78 bits per heavy atom. The summed E-state index contributed by atoms with van der Waals surface area (Å²) in [6, 6.07) is 19.6. The number of hydrogen-bond acceptors (Lipinski definition) is 4. The van der Waals surface area contributed by atoms with E-state index in [-0.39, 0.29) is 5.91 Å². The molecule has 0 aliphatic carbocycles. The highest BCUT2D eigenvalue weighted by atomic mass is 35.5. The summed E-state index contributed by atoms with van der Waals surface area (Å²) in [5, 5.41) is 12.4. The number of nitrogens with one attached hydrogen (secondary N) is 1. The molecule has 0 saturated carbocycles. The van der Waals surface area contributed by atoms with Crippen LogP contribution in [0.5, 0.6) is 5.75 Å². The van der Waals surface area contributed by atoms with Crippen LogP contribution in [0, 0.1) is 0 Å². The van der Waals surface area contributed by atoms with E-state index < -0.39 is 0 Å². The second-order valence-corrected chi connectivity index (χ2v) is 6.29. The second kappa shape index (κ2) is 7.09. The van der Waals surface area contributed by atoms with E-state index in [1.54, 1.807) is 55.6 Å². The van der Waals surface area contributed by atoms with Crippen LogP contribution in [0.25, 0.3) is 16.7 Å². The molecule has 0 unspecified atom stereocenters. The van der Waals surface area contributed by atoms with Crippen molar-refractivity contribution >= 4 is 34.2 Å².